The topological polar surface area (TPSA) is 54.9 Å². The number of rotatable bonds is 7. The molecule has 2 rings (SSSR count). The Kier molecular flexibility index (Phi) is 9.97. The van der Waals surface area contributed by atoms with Crippen molar-refractivity contribution >= 4 is 29.9 Å². The summed E-state index contributed by atoms with van der Waals surface area (Å²) in [4.78, 5) is 4.19. The third-order valence-electron chi connectivity index (χ3n) is 3.50. The van der Waals surface area contributed by atoms with Crippen LogP contribution in [0, 0.1) is 5.82 Å². The van der Waals surface area contributed by atoms with Crippen LogP contribution in [0.25, 0.3) is 0 Å². The van der Waals surface area contributed by atoms with Crippen LogP contribution in [0.1, 0.15) is 12.5 Å². The van der Waals surface area contributed by atoms with Crippen LogP contribution >= 0.6 is 24.0 Å². The van der Waals surface area contributed by atoms with Crippen LogP contribution in [-0.4, -0.2) is 32.8 Å². The number of ether oxygens (including phenoxy) is 2. The van der Waals surface area contributed by atoms with Gasteiger partial charge in [0, 0.05) is 32.3 Å². The van der Waals surface area contributed by atoms with Crippen LogP contribution in [0.5, 0.6) is 11.5 Å². The van der Waals surface area contributed by atoms with E-state index >= 15 is 0 Å². The van der Waals surface area contributed by atoms with E-state index in [0.29, 0.717) is 24.9 Å². The maximum absolute atomic E-state index is 13.8. The Morgan fingerprint density at radius 2 is 1.77 bits per heavy atom. The zero-order chi connectivity index (χ0) is 18.1. The average molecular weight is 473 g/mol. The summed E-state index contributed by atoms with van der Waals surface area (Å²) < 4.78 is 24.6. The van der Waals surface area contributed by atoms with E-state index in [1.165, 1.54) is 6.07 Å². The van der Waals surface area contributed by atoms with Crippen molar-refractivity contribution in [2.24, 2.45) is 4.99 Å². The first kappa shape index (κ1) is 22.2. The first-order valence-electron chi connectivity index (χ1n) is 8.10. The van der Waals surface area contributed by atoms with Gasteiger partial charge in [-0.3, -0.25) is 4.99 Å². The summed E-state index contributed by atoms with van der Waals surface area (Å²) in [6, 6.07) is 14.0. The highest BCUT2D eigenvalue weighted by Gasteiger charge is 2.09. The van der Waals surface area contributed by atoms with E-state index in [2.05, 4.69) is 15.6 Å². The molecule has 0 saturated heterocycles. The molecule has 0 spiro atoms. The Morgan fingerprint density at radius 3 is 2.42 bits per heavy atom. The van der Waals surface area contributed by atoms with Crippen LogP contribution in [0.2, 0.25) is 0 Å². The van der Waals surface area contributed by atoms with E-state index in [4.69, 9.17) is 9.47 Å². The maximum Gasteiger partial charge on any atom is 0.191 e. The Hall–Kier alpha value is -1.87. The fourth-order valence-corrected chi connectivity index (χ4v) is 2.29. The van der Waals surface area contributed by atoms with Crippen molar-refractivity contribution in [1.82, 2.24) is 10.6 Å². The molecular formula is C19H25FIN3O2. The number of halogens is 2. The molecule has 2 aromatic carbocycles. The molecule has 0 fully saturated rings. The lowest BCUT2D eigenvalue weighted by Gasteiger charge is -2.18. The molecule has 0 amide bonds. The minimum Gasteiger partial charge on any atom is -0.454 e. The summed E-state index contributed by atoms with van der Waals surface area (Å²) in [6.45, 7) is 3.07. The predicted molar refractivity (Wildman–Crippen MR) is 113 cm³/mol. The molecule has 26 heavy (non-hydrogen) atoms. The molecule has 0 aliphatic rings. The highest BCUT2D eigenvalue weighted by molar-refractivity contribution is 14.0. The molecule has 1 unspecified atom stereocenters. The summed E-state index contributed by atoms with van der Waals surface area (Å²) in [5.41, 5.74) is 0.896. The lowest BCUT2D eigenvalue weighted by Crippen LogP contribution is -2.43. The minimum atomic E-state index is -0.392. The summed E-state index contributed by atoms with van der Waals surface area (Å²) in [5.74, 6) is 1.06. The van der Waals surface area contributed by atoms with Crippen molar-refractivity contribution < 1.29 is 13.9 Å². The SMILES string of the molecule is CN=C(NCc1ccccc1Oc1ccccc1F)NC(C)COC.I. The Labute approximate surface area is 171 Å². The van der Waals surface area contributed by atoms with Gasteiger partial charge in [0.2, 0.25) is 0 Å². The number of para-hydroxylation sites is 2. The second-order valence-corrected chi connectivity index (χ2v) is 5.57. The summed E-state index contributed by atoms with van der Waals surface area (Å²) in [5, 5.41) is 6.45. The van der Waals surface area contributed by atoms with E-state index in [1.807, 2.05) is 31.2 Å². The molecule has 0 aliphatic heterocycles. The Bertz CT molecular complexity index is 713. The van der Waals surface area contributed by atoms with Crippen LogP contribution in [0.15, 0.2) is 53.5 Å². The van der Waals surface area contributed by atoms with Crippen molar-refractivity contribution in [2.75, 3.05) is 20.8 Å². The maximum atomic E-state index is 13.8. The van der Waals surface area contributed by atoms with Crippen molar-refractivity contribution in [1.29, 1.82) is 0 Å². The second-order valence-electron chi connectivity index (χ2n) is 5.57. The zero-order valence-corrected chi connectivity index (χ0v) is 17.5. The summed E-state index contributed by atoms with van der Waals surface area (Å²) in [7, 11) is 3.36. The smallest absolute Gasteiger partial charge is 0.191 e. The number of aliphatic imine (C=N–C) groups is 1. The molecule has 0 aliphatic carbocycles. The quantitative estimate of drug-likeness (QED) is 0.364. The van der Waals surface area contributed by atoms with Gasteiger partial charge >= 0.3 is 0 Å². The van der Waals surface area contributed by atoms with Gasteiger partial charge in [0.25, 0.3) is 0 Å². The van der Waals surface area contributed by atoms with E-state index in [9.17, 15) is 4.39 Å². The third-order valence-corrected chi connectivity index (χ3v) is 3.50. The number of hydrogen-bond acceptors (Lipinski definition) is 3. The van der Waals surface area contributed by atoms with E-state index in [-0.39, 0.29) is 35.8 Å². The monoisotopic (exact) mass is 473 g/mol. The van der Waals surface area contributed by atoms with Crippen LogP contribution in [0.3, 0.4) is 0 Å². The van der Waals surface area contributed by atoms with Crippen molar-refractivity contribution in [3.8, 4) is 11.5 Å². The first-order chi connectivity index (χ1) is 12.1. The van der Waals surface area contributed by atoms with Gasteiger partial charge in [-0.25, -0.2) is 4.39 Å². The molecule has 1 atom stereocenters. The van der Waals surface area contributed by atoms with Crippen LogP contribution < -0.4 is 15.4 Å². The highest BCUT2D eigenvalue weighted by atomic mass is 127. The third kappa shape index (κ3) is 6.80. The van der Waals surface area contributed by atoms with Crippen molar-refractivity contribution in [3.05, 3.63) is 59.9 Å². The molecule has 2 N–H and O–H groups in total. The van der Waals surface area contributed by atoms with Crippen molar-refractivity contribution in [3.63, 3.8) is 0 Å². The molecule has 0 saturated carbocycles. The molecule has 0 aromatic heterocycles. The van der Waals surface area contributed by atoms with E-state index < -0.39 is 5.82 Å². The Morgan fingerprint density at radius 1 is 1.12 bits per heavy atom. The summed E-state index contributed by atoms with van der Waals surface area (Å²) >= 11 is 0. The van der Waals surface area contributed by atoms with Crippen LogP contribution in [0.4, 0.5) is 4.39 Å². The predicted octanol–water partition coefficient (Wildman–Crippen LogP) is 3.94. The van der Waals surface area contributed by atoms with Gasteiger partial charge < -0.3 is 20.1 Å². The molecule has 0 bridgehead atoms. The number of methoxy groups -OCH3 is 1. The summed E-state index contributed by atoms with van der Waals surface area (Å²) in [6.07, 6.45) is 0. The van der Waals surface area contributed by atoms with Crippen LogP contribution in [-0.2, 0) is 11.3 Å². The largest absolute Gasteiger partial charge is 0.454 e. The first-order valence-corrected chi connectivity index (χ1v) is 8.10. The van der Waals surface area contributed by atoms with Gasteiger partial charge in [-0.1, -0.05) is 30.3 Å². The molecule has 0 heterocycles. The minimum absolute atomic E-state index is 0. The van der Waals surface area contributed by atoms with Gasteiger partial charge in [-0.2, -0.15) is 0 Å². The molecule has 2 aromatic rings. The number of benzene rings is 2. The average Bonchev–Trinajstić information content (AvgIpc) is 2.62. The van der Waals surface area contributed by atoms with Gasteiger partial charge in [0.1, 0.15) is 5.75 Å². The number of guanidine groups is 1. The van der Waals surface area contributed by atoms with Gasteiger partial charge in [0.15, 0.2) is 17.5 Å². The molecule has 5 nitrogen and oxygen atoms in total. The highest BCUT2D eigenvalue weighted by Crippen LogP contribution is 2.27. The van der Waals surface area contributed by atoms with Gasteiger partial charge in [-0.05, 0) is 25.1 Å². The number of nitrogens with one attached hydrogen (secondary N) is 2. The van der Waals surface area contributed by atoms with Gasteiger partial charge in [-0.15, -0.1) is 24.0 Å². The molecule has 142 valence electrons. The molecule has 0 radical (unpaired) electrons. The molecular weight excluding hydrogens is 448 g/mol. The standard InChI is InChI=1S/C19H24FN3O2.HI/c1-14(13-24-3)23-19(21-2)22-12-15-8-4-6-10-17(15)25-18-11-7-5-9-16(18)20;/h4-11,14H,12-13H2,1-3H3,(H2,21,22,23);1H. The zero-order valence-electron chi connectivity index (χ0n) is 15.2. The normalized spacial score (nSPS) is 12.1. The number of hydrogen-bond donors (Lipinski definition) is 2. The van der Waals surface area contributed by atoms with E-state index in [0.717, 1.165) is 5.56 Å². The lowest BCUT2D eigenvalue weighted by atomic mass is 10.2. The fourth-order valence-electron chi connectivity index (χ4n) is 2.29. The molecule has 7 heteroatoms. The Balaban J connectivity index is 0.00000338. The van der Waals surface area contributed by atoms with Gasteiger partial charge in [0.05, 0.1) is 6.61 Å². The second kappa shape index (κ2) is 11.7. The fraction of sp³-hybridized carbons (Fsp3) is 0.316. The van der Waals surface area contributed by atoms with E-state index in [1.54, 1.807) is 32.4 Å². The number of nitrogens with zero attached hydrogens (tertiary/aromatic N) is 1. The lowest BCUT2D eigenvalue weighted by molar-refractivity contribution is 0.179. The van der Waals surface area contributed by atoms with Crippen molar-refractivity contribution in [2.45, 2.75) is 19.5 Å².